The molecular weight excluding hydrogens is 347 g/mol. The second-order valence-corrected chi connectivity index (χ2v) is 5.08. The molecule has 2 rings (SSSR count). The van der Waals surface area contributed by atoms with E-state index in [4.69, 9.17) is 18.0 Å². The smallest absolute Gasteiger partial charge is 0.271 e. The Balaban J connectivity index is 2.49. The van der Waals surface area contributed by atoms with Crippen LogP contribution in [0, 0.1) is 5.82 Å². The average Bonchev–Trinajstić information content (AvgIpc) is 2.90. The van der Waals surface area contributed by atoms with Gasteiger partial charge in [-0.1, -0.05) is 12.2 Å². The van der Waals surface area contributed by atoms with Crippen LogP contribution < -0.4 is 11.1 Å². The Bertz CT molecular complexity index is 701. The van der Waals surface area contributed by atoms with Crippen LogP contribution in [0.2, 0.25) is 0 Å². The fourth-order valence-corrected chi connectivity index (χ4v) is 2.46. The topological polar surface area (TPSA) is 72.9 Å². The second-order valence-electron chi connectivity index (χ2n) is 3.85. The summed E-state index contributed by atoms with van der Waals surface area (Å²) in [5.41, 5.74) is 6.28. The zero-order valence-corrected chi connectivity index (χ0v) is 12.8. The standard InChI is InChI=1S/C12H10BrFN4OS/c1-16-12(19)7-4-5-18(17-7)8-3-2-6(11(15)20)9(13)10(8)14/h2-5H,1H3,(H2,15,20)(H,16,19). The summed E-state index contributed by atoms with van der Waals surface area (Å²) >= 11 is 7.94. The summed E-state index contributed by atoms with van der Waals surface area (Å²) in [6.07, 6.45) is 1.50. The first-order chi connectivity index (χ1) is 9.45. The number of thiocarbonyl (C=S) groups is 1. The van der Waals surface area contributed by atoms with Crippen LogP contribution in [-0.2, 0) is 0 Å². The van der Waals surface area contributed by atoms with Crippen molar-refractivity contribution in [1.82, 2.24) is 15.1 Å². The molecule has 0 atom stereocenters. The number of benzene rings is 1. The number of carbonyl (C=O) groups excluding carboxylic acids is 1. The van der Waals surface area contributed by atoms with Crippen molar-refractivity contribution in [3.8, 4) is 5.69 Å². The quantitative estimate of drug-likeness (QED) is 0.822. The minimum atomic E-state index is -0.554. The summed E-state index contributed by atoms with van der Waals surface area (Å²) in [4.78, 5) is 11.5. The van der Waals surface area contributed by atoms with E-state index in [1.165, 1.54) is 30.1 Å². The lowest BCUT2D eigenvalue weighted by Gasteiger charge is -2.08. The Morgan fingerprint density at radius 3 is 2.80 bits per heavy atom. The molecule has 1 aromatic carbocycles. The molecule has 104 valence electrons. The summed E-state index contributed by atoms with van der Waals surface area (Å²) in [5, 5.41) is 6.45. The maximum atomic E-state index is 14.3. The van der Waals surface area contributed by atoms with Crippen molar-refractivity contribution in [2.24, 2.45) is 5.73 Å². The van der Waals surface area contributed by atoms with Crippen molar-refractivity contribution in [3.63, 3.8) is 0 Å². The summed E-state index contributed by atoms with van der Waals surface area (Å²) in [7, 11) is 1.50. The van der Waals surface area contributed by atoms with E-state index in [1.54, 1.807) is 6.07 Å². The number of nitrogens with zero attached hydrogens (tertiary/aromatic N) is 2. The number of hydrogen-bond donors (Lipinski definition) is 2. The van der Waals surface area contributed by atoms with Crippen LogP contribution in [0.5, 0.6) is 0 Å². The third-order valence-electron chi connectivity index (χ3n) is 2.62. The van der Waals surface area contributed by atoms with Crippen molar-refractivity contribution in [2.75, 3.05) is 7.05 Å². The molecule has 0 aliphatic carbocycles. The lowest BCUT2D eigenvalue weighted by Crippen LogP contribution is -2.18. The molecule has 0 radical (unpaired) electrons. The van der Waals surface area contributed by atoms with Gasteiger partial charge in [0, 0.05) is 18.8 Å². The van der Waals surface area contributed by atoms with Gasteiger partial charge < -0.3 is 11.1 Å². The Labute approximate surface area is 128 Å². The monoisotopic (exact) mass is 356 g/mol. The Morgan fingerprint density at radius 1 is 1.50 bits per heavy atom. The largest absolute Gasteiger partial charge is 0.389 e. The van der Waals surface area contributed by atoms with Gasteiger partial charge in [0.25, 0.3) is 5.91 Å². The number of nitrogens with two attached hydrogens (primary N) is 1. The molecule has 1 aromatic heterocycles. The molecule has 1 amide bonds. The molecule has 3 N–H and O–H groups in total. The number of aromatic nitrogens is 2. The fourth-order valence-electron chi connectivity index (χ4n) is 1.61. The SMILES string of the molecule is CNC(=O)c1ccn(-c2ccc(C(N)=S)c(Br)c2F)n1. The van der Waals surface area contributed by atoms with Gasteiger partial charge in [-0.05, 0) is 34.1 Å². The van der Waals surface area contributed by atoms with E-state index < -0.39 is 5.82 Å². The van der Waals surface area contributed by atoms with E-state index in [9.17, 15) is 9.18 Å². The molecule has 0 saturated carbocycles. The van der Waals surface area contributed by atoms with Crippen molar-refractivity contribution < 1.29 is 9.18 Å². The third kappa shape index (κ3) is 2.56. The molecule has 2 aromatic rings. The lowest BCUT2D eigenvalue weighted by atomic mass is 10.2. The first-order valence-electron chi connectivity index (χ1n) is 5.51. The molecular formula is C12H10BrFN4OS. The van der Waals surface area contributed by atoms with Gasteiger partial charge in [-0.25, -0.2) is 9.07 Å². The number of amides is 1. The molecule has 0 bridgehead atoms. The summed E-state index contributed by atoms with van der Waals surface area (Å²) in [5.74, 6) is -0.898. The van der Waals surface area contributed by atoms with Gasteiger partial charge in [0.05, 0.1) is 4.47 Å². The normalized spacial score (nSPS) is 10.3. The van der Waals surface area contributed by atoms with E-state index in [-0.39, 0.29) is 26.7 Å². The van der Waals surface area contributed by atoms with E-state index >= 15 is 0 Å². The molecule has 0 aliphatic heterocycles. The average molecular weight is 357 g/mol. The van der Waals surface area contributed by atoms with Gasteiger partial charge in [0.1, 0.15) is 10.7 Å². The zero-order chi connectivity index (χ0) is 14.9. The van der Waals surface area contributed by atoms with Crippen LogP contribution >= 0.6 is 28.1 Å². The van der Waals surface area contributed by atoms with Crippen LogP contribution in [-0.4, -0.2) is 27.7 Å². The summed E-state index contributed by atoms with van der Waals surface area (Å²) in [6, 6.07) is 4.58. The third-order valence-corrected chi connectivity index (χ3v) is 3.62. The maximum absolute atomic E-state index is 14.3. The van der Waals surface area contributed by atoms with Crippen LogP contribution in [0.1, 0.15) is 16.1 Å². The highest BCUT2D eigenvalue weighted by molar-refractivity contribution is 9.10. The van der Waals surface area contributed by atoms with Crippen LogP contribution in [0.15, 0.2) is 28.9 Å². The zero-order valence-electron chi connectivity index (χ0n) is 10.4. The molecule has 20 heavy (non-hydrogen) atoms. The van der Waals surface area contributed by atoms with Crippen molar-refractivity contribution in [2.45, 2.75) is 0 Å². The van der Waals surface area contributed by atoms with Gasteiger partial charge in [0.2, 0.25) is 0 Å². The fraction of sp³-hybridized carbons (Fsp3) is 0.0833. The highest BCUT2D eigenvalue weighted by atomic mass is 79.9. The predicted octanol–water partition coefficient (Wildman–Crippen LogP) is 1.77. The van der Waals surface area contributed by atoms with Crippen molar-refractivity contribution >= 4 is 39.0 Å². The first kappa shape index (κ1) is 14.6. The second kappa shape index (κ2) is 5.68. The van der Waals surface area contributed by atoms with Gasteiger partial charge in [-0.15, -0.1) is 0 Å². The van der Waals surface area contributed by atoms with E-state index in [0.29, 0.717) is 5.56 Å². The molecule has 0 saturated heterocycles. The van der Waals surface area contributed by atoms with E-state index in [2.05, 4.69) is 26.3 Å². The molecule has 0 spiro atoms. The number of nitrogens with one attached hydrogen (secondary N) is 1. The van der Waals surface area contributed by atoms with E-state index in [0.717, 1.165) is 0 Å². The molecule has 0 fully saturated rings. The van der Waals surface area contributed by atoms with E-state index in [1.807, 2.05) is 0 Å². The predicted molar refractivity (Wildman–Crippen MR) is 80.5 cm³/mol. The van der Waals surface area contributed by atoms with Crippen LogP contribution in [0.25, 0.3) is 5.69 Å². The Morgan fingerprint density at radius 2 is 2.20 bits per heavy atom. The van der Waals surface area contributed by atoms with Gasteiger partial charge in [-0.3, -0.25) is 4.79 Å². The van der Waals surface area contributed by atoms with Crippen molar-refractivity contribution in [1.29, 1.82) is 0 Å². The molecule has 8 heteroatoms. The number of halogens is 2. The van der Waals surface area contributed by atoms with Gasteiger partial charge in [0.15, 0.2) is 11.5 Å². The summed E-state index contributed by atoms with van der Waals surface area (Å²) in [6.45, 7) is 0. The Hall–Kier alpha value is -1.80. The molecule has 1 heterocycles. The molecule has 0 unspecified atom stereocenters. The van der Waals surface area contributed by atoms with Gasteiger partial charge in [-0.2, -0.15) is 5.10 Å². The van der Waals surface area contributed by atoms with Crippen molar-refractivity contribution in [3.05, 3.63) is 45.9 Å². The maximum Gasteiger partial charge on any atom is 0.271 e. The number of hydrogen-bond acceptors (Lipinski definition) is 3. The highest BCUT2D eigenvalue weighted by Crippen LogP contribution is 2.26. The van der Waals surface area contributed by atoms with Crippen LogP contribution in [0.4, 0.5) is 4.39 Å². The van der Waals surface area contributed by atoms with Gasteiger partial charge >= 0.3 is 0 Å². The minimum absolute atomic E-state index is 0.0915. The number of rotatable bonds is 3. The lowest BCUT2D eigenvalue weighted by molar-refractivity contribution is 0.0957. The Kier molecular flexibility index (Phi) is 4.15. The highest BCUT2D eigenvalue weighted by Gasteiger charge is 2.16. The first-order valence-corrected chi connectivity index (χ1v) is 6.71. The van der Waals surface area contributed by atoms with Crippen LogP contribution in [0.3, 0.4) is 0 Å². The number of carbonyl (C=O) groups is 1. The molecule has 5 nitrogen and oxygen atoms in total. The summed E-state index contributed by atoms with van der Waals surface area (Å²) < 4.78 is 15.7. The minimum Gasteiger partial charge on any atom is -0.389 e. The molecule has 0 aliphatic rings.